The molecule has 1 unspecified atom stereocenters. The van der Waals surface area contributed by atoms with Crippen molar-refractivity contribution in [2.45, 2.75) is 45.8 Å². The maximum absolute atomic E-state index is 12.4. The van der Waals surface area contributed by atoms with Crippen LogP contribution in [0.4, 0.5) is 5.69 Å². The van der Waals surface area contributed by atoms with E-state index < -0.39 is 12.1 Å². The van der Waals surface area contributed by atoms with Crippen molar-refractivity contribution in [2.24, 2.45) is 0 Å². The first-order valence-corrected chi connectivity index (χ1v) is 10.7. The molecule has 0 fully saturated rings. The van der Waals surface area contributed by atoms with Gasteiger partial charge in [-0.05, 0) is 57.3 Å². The van der Waals surface area contributed by atoms with E-state index in [1.807, 2.05) is 38.3 Å². The van der Waals surface area contributed by atoms with Crippen molar-refractivity contribution in [1.29, 1.82) is 0 Å². The quantitative estimate of drug-likeness (QED) is 0.497. The number of aliphatic hydroxyl groups excluding tert-OH is 1. The Balaban J connectivity index is 2.05. The molecule has 0 saturated carbocycles. The first-order chi connectivity index (χ1) is 14.2. The number of esters is 1. The lowest BCUT2D eigenvalue weighted by Gasteiger charge is -2.23. The zero-order valence-corrected chi connectivity index (χ0v) is 18.7. The van der Waals surface area contributed by atoms with Crippen molar-refractivity contribution in [2.75, 3.05) is 25.1 Å². The summed E-state index contributed by atoms with van der Waals surface area (Å²) in [7, 11) is 0. The molecule has 1 aromatic heterocycles. The SMILES string of the molecule is CCOC(=O)c1cc(NC(=O)Cc2cccs2)ccc1OCC(O)CNC(C)(C)C. The minimum absolute atomic E-state index is 0.0135. The number of amides is 1. The molecule has 3 N–H and O–H groups in total. The lowest BCUT2D eigenvalue weighted by molar-refractivity contribution is -0.115. The van der Waals surface area contributed by atoms with Crippen molar-refractivity contribution in [3.63, 3.8) is 0 Å². The number of thiophene rings is 1. The molecule has 1 heterocycles. The summed E-state index contributed by atoms with van der Waals surface area (Å²) in [6.45, 7) is 8.31. The Bertz CT molecular complexity index is 831. The van der Waals surface area contributed by atoms with E-state index in [4.69, 9.17) is 9.47 Å². The van der Waals surface area contributed by atoms with E-state index >= 15 is 0 Å². The second-order valence-corrected chi connectivity index (χ2v) is 8.86. The first-order valence-electron chi connectivity index (χ1n) is 9.87. The lowest BCUT2D eigenvalue weighted by atomic mass is 10.1. The van der Waals surface area contributed by atoms with Gasteiger partial charge in [-0.15, -0.1) is 11.3 Å². The van der Waals surface area contributed by atoms with Gasteiger partial charge in [0.1, 0.15) is 24.0 Å². The van der Waals surface area contributed by atoms with Gasteiger partial charge < -0.3 is 25.2 Å². The van der Waals surface area contributed by atoms with Crippen molar-refractivity contribution in [3.8, 4) is 5.75 Å². The van der Waals surface area contributed by atoms with Crippen molar-refractivity contribution in [3.05, 3.63) is 46.2 Å². The number of nitrogens with one attached hydrogen (secondary N) is 2. The van der Waals surface area contributed by atoms with Gasteiger partial charge in [-0.25, -0.2) is 4.79 Å². The molecule has 0 aliphatic carbocycles. The second kappa shape index (κ2) is 11.1. The summed E-state index contributed by atoms with van der Waals surface area (Å²) < 4.78 is 10.8. The number of β-amino-alcohol motifs (C(OH)–C–C–N with tert-alkyl or cyclic N) is 1. The van der Waals surface area contributed by atoms with Crippen LogP contribution in [0.5, 0.6) is 5.75 Å². The van der Waals surface area contributed by atoms with E-state index in [2.05, 4.69) is 10.6 Å². The number of hydrogen-bond acceptors (Lipinski definition) is 7. The Labute approximate surface area is 181 Å². The van der Waals surface area contributed by atoms with E-state index in [1.165, 1.54) is 17.4 Å². The number of hydrogen-bond donors (Lipinski definition) is 3. The predicted octanol–water partition coefficient (Wildman–Crippen LogP) is 3.23. The zero-order chi connectivity index (χ0) is 22.1. The molecule has 1 aromatic carbocycles. The first kappa shape index (κ1) is 23.9. The molecule has 1 amide bonds. The van der Waals surface area contributed by atoms with Crippen LogP contribution in [0.1, 0.15) is 42.9 Å². The standard InChI is InChI=1S/C22H30N2O5S/c1-5-28-21(27)18-11-15(24-20(26)12-17-7-6-10-30-17)8-9-19(18)29-14-16(25)13-23-22(2,3)4/h6-11,16,23,25H,5,12-14H2,1-4H3,(H,24,26). The molecule has 0 radical (unpaired) electrons. The Kier molecular flexibility index (Phi) is 8.83. The topological polar surface area (TPSA) is 96.9 Å². The Morgan fingerprint density at radius 2 is 2.00 bits per heavy atom. The Hall–Kier alpha value is -2.42. The largest absolute Gasteiger partial charge is 0.490 e. The monoisotopic (exact) mass is 434 g/mol. The van der Waals surface area contributed by atoms with Crippen LogP contribution in [0, 0.1) is 0 Å². The highest BCUT2D eigenvalue weighted by Crippen LogP contribution is 2.24. The van der Waals surface area contributed by atoms with Crippen molar-refractivity contribution < 1.29 is 24.2 Å². The molecular formula is C22H30N2O5S. The third kappa shape index (κ3) is 8.14. The summed E-state index contributed by atoms with van der Waals surface area (Å²) in [6, 6.07) is 8.56. The maximum Gasteiger partial charge on any atom is 0.341 e. The smallest absolute Gasteiger partial charge is 0.341 e. The second-order valence-electron chi connectivity index (χ2n) is 7.83. The van der Waals surface area contributed by atoms with Gasteiger partial charge in [0.05, 0.1) is 13.0 Å². The van der Waals surface area contributed by atoms with Crippen molar-refractivity contribution >= 4 is 28.9 Å². The summed E-state index contributed by atoms with van der Waals surface area (Å²) >= 11 is 1.51. The van der Waals surface area contributed by atoms with Gasteiger partial charge in [-0.3, -0.25) is 4.79 Å². The molecule has 0 saturated heterocycles. The number of ether oxygens (including phenoxy) is 2. The Morgan fingerprint density at radius 3 is 2.63 bits per heavy atom. The maximum atomic E-state index is 12.4. The fraction of sp³-hybridized carbons (Fsp3) is 0.455. The molecule has 7 nitrogen and oxygen atoms in total. The van der Waals surface area contributed by atoms with Crippen LogP contribution in [0.25, 0.3) is 0 Å². The molecule has 0 bridgehead atoms. The van der Waals surface area contributed by atoms with E-state index in [1.54, 1.807) is 19.1 Å². The van der Waals surface area contributed by atoms with Gasteiger partial charge in [0.15, 0.2) is 0 Å². The number of anilines is 1. The molecule has 2 rings (SSSR count). The highest BCUT2D eigenvalue weighted by molar-refractivity contribution is 7.10. The van der Waals surface area contributed by atoms with Gasteiger partial charge in [0.25, 0.3) is 0 Å². The normalized spacial score (nSPS) is 12.3. The molecule has 8 heteroatoms. The molecule has 164 valence electrons. The number of benzene rings is 1. The molecular weight excluding hydrogens is 404 g/mol. The lowest BCUT2D eigenvalue weighted by Crippen LogP contribution is -2.42. The van der Waals surface area contributed by atoms with Crippen LogP contribution in [0.2, 0.25) is 0 Å². The Morgan fingerprint density at radius 1 is 1.23 bits per heavy atom. The van der Waals surface area contributed by atoms with Gasteiger partial charge in [-0.2, -0.15) is 0 Å². The highest BCUT2D eigenvalue weighted by atomic mass is 32.1. The van der Waals surface area contributed by atoms with Gasteiger partial charge in [-0.1, -0.05) is 6.07 Å². The van der Waals surface area contributed by atoms with E-state index in [0.29, 0.717) is 18.0 Å². The van der Waals surface area contributed by atoms with Crippen molar-refractivity contribution in [1.82, 2.24) is 5.32 Å². The minimum atomic E-state index is -0.746. The van der Waals surface area contributed by atoms with Crippen LogP contribution < -0.4 is 15.4 Å². The molecule has 0 spiro atoms. The van der Waals surface area contributed by atoms with E-state index in [-0.39, 0.29) is 36.6 Å². The number of carbonyl (C=O) groups is 2. The fourth-order valence-corrected chi connectivity index (χ4v) is 3.25. The average molecular weight is 435 g/mol. The molecule has 1 atom stereocenters. The van der Waals surface area contributed by atoms with Gasteiger partial charge in [0.2, 0.25) is 5.91 Å². The van der Waals surface area contributed by atoms with E-state index in [9.17, 15) is 14.7 Å². The van der Waals surface area contributed by atoms with Gasteiger partial charge in [0, 0.05) is 22.6 Å². The van der Waals surface area contributed by atoms with Crippen LogP contribution in [0.15, 0.2) is 35.7 Å². The summed E-state index contributed by atoms with van der Waals surface area (Å²) in [4.78, 5) is 25.6. The third-order valence-electron chi connectivity index (χ3n) is 3.97. The van der Waals surface area contributed by atoms with Crippen LogP contribution >= 0.6 is 11.3 Å². The highest BCUT2D eigenvalue weighted by Gasteiger charge is 2.18. The summed E-state index contributed by atoms with van der Waals surface area (Å²) in [6.07, 6.45) is -0.484. The van der Waals surface area contributed by atoms with E-state index in [0.717, 1.165) is 4.88 Å². The molecule has 30 heavy (non-hydrogen) atoms. The predicted molar refractivity (Wildman–Crippen MR) is 118 cm³/mol. The third-order valence-corrected chi connectivity index (χ3v) is 4.85. The zero-order valence-electron chi connectivity index (χ0n) is 17.9. The molecule has 0 aliphatic heterocycles. The average Bonchev–Trinajstić information content (AvgIpc) is 3.17. The van der Waals surface area contributed by atoms with Crippen LogP contribution in [0.3, 0.4) is 0 Å². The molecule has 2 aromatic rings. The molecule has 0 aliphatic rings. The number of carbonyl (C=O) groups excluding carboxylic acids is 2. The number of rotatable bonds is 10. The van der Waals surface area contributed by atoms with Crippen LogP contribution in [-0.2, 0) is 16.0 Å². The van der Waals surface area contributed by atoms with Gasteiger partial charge >= 0.3 is 5.97 Å². The number of aliphatic hydroxyl groups is 1. The summed E-state index contributed by atoms with van der Waals surface area (Å²) in [5.41, 5.74) is 0.545. The van der Waals surface area contributed by atoms with Crippen LogP contribution in [-0.4, -0.2) is 48.4 Å². The minimum Gasteiger partial charge on any atom is -0.490 e. The fourth-order valence-electron chi connectivity index (χ4n) is 2.55. The summed E-state index contributed by atoms with van der Waals surface area (Å²) in [5.74, 6) is -0.437. The summed E-state index contributed by atoms with van der Waals surface area (Å²) in [5, 5.41) is 18.0.